The average molecular weight is 359 g/mol. The third kappa shape index (κ3) is 3.90. The molecular formula is C20H29N3O3. The zero-order valence-electron chi connectivity index (χ0n) is 16.0. The van der Waals surface area contributed by atoms with E-state index in [2.05, 4.69) is 17.2 Å². The summed E-state index contributed by atoms with van der Waals surface area (Å²) in [7, 11) is 1.66. The van der Waals surface area contributed by atoms with Crippen molar-refractivity contribution >= 4 is 11.8 Å². The van der Waals surface area contributed by atoms with Crippen molar-refractivity contribution < 1.29 is 14.3 Å². The van der Waals surface area contributed by atoms with E-state index in [9.17, 15) is 9.59 Å². The minimum absolute atomic E-state index is 0.126. The molecular weight excluding hydrogens is 330 g/mol. The molecule has 1 saturated carbocycles. The number of aromatic nitrogens is 1. The number of pyridine rings is 1. The molecule has 0 bridgehead atoms. The number of carbonyl (C=O) groups is 2. The third-order valence-corrected chi connectivity index (χ3v) is 5.88. The lowest BCUT2D eigenvalue weighted by Gasteiger charge is -2.31. The van der Waals surface area contributed by atoms with Gasteiger partial charge in [0.05, 0.1) is 11.1 Å². The number of nitrogens with zero attached hydrogens (tertiary/aromatic N) is 2. The lowest BCUT2D eigenvalue weighted by Crippen LogP contribution is -2.52. The first-order valence-corrected chi connectivity index (χ1v) is 9.50. The summed E-state index contributed by atoms with van der Waals surface area (Å²) in [5.41, 5.74) is 1.05. The third-order valence-electron chi connectivity index (χ3n) is 5.88. The lowest BCUT2D eigenvalue weighted by molar-refractivity contribution is -0.132. The van der Waals surface area contributed by atoms with E-state index in [1.807, 2.05) is 17.9 Å². The summed E-state index contributed by atoms with van der Waals surface area (Å²) in [6.45, 7) is 5.85. The van der Waals surface area contributed by atoms with Crippen LogP contribution in [0.4, 0.5) is 0 Å². The Morgan fingerprint density at radius 3 is 2.92 bits per heavy atom. The van der Waals surface area contributed by atoms with Crippen LogP contribution in [0.25, 0.3) is 0 Å². The van der Waals surface area contributed by atoms with Crippen molar-refractivity contribution in [2.45, 2.75) is 45.1 Å². The molecule has 0 spiro atoms. The van der Waals surface area contributed by atoms with Gasteiger partial charge < -0.3 is 15.0 Å². The minimum atomic E-state index is -0.429. The number of rotatable bonds is 7. The highest BCUT2D eigenvalue weighted by atomic mass is 16.5. The van der Waals surface area contributed by atoms with Crippen molar-refractivity contribution in [3.63, 3.8) is 0 Å². The predicted octanol–water partition coefficient (Wildman–Crippen LogP) is 2.17. The molecule has 1 unspecified atom stereocenters. The summed E-state index contributed by atoms with van der Waals surface area (Å²) in [5, 5.41) is 3.20. The average Bonchev–Trinajstić information content (AvgIpc) is 3.32. The van der Waals surface area contributed by atoms with Gasteiger partial charge in [-0.25, -0.2) is 0 Å². The van der Waals surface area contributed by atoms with Crippen molar-refractivity contribution in [1.82, 2.24) is 15.2 Å². The Bertz CT molecular complexity index is 678. The van der Waals surface area contributed by atoms with Crippen molar-refractivity contribution in [3.8, 4) is 0 Å². The number of likely N-dealkylation sites (tertiary alicyclic amines) is 1. The first kappa shape index (κ1) is 18.8. The summed E-state index contributed by atoms with van der Waals surface area (Å²) < 4.78 is 5.26. The van der Waals surface area contributed by atoms with Gasteiger partial charge in [0, 0.05) is 45.1 Å². The summed E-state index contributed by atoms with van der Waals surface area (Å²) in [4.78, 5) is 31.5. The van der Waals surface area contributed by atoms with Crippen LogP contribution in [0.2, 0.25) is 0 Å². The number of carbonyl (C=O) groups excluding carboxylic acids is 2. The van der Waals surface area contributed by atoms with Crippen LogP contribution in [0.3, 0.4) is 0 Å². The minimum Gasteiger partial charge on any atom is -0.385 e. The van der Waals surface area contributed by atoms with Gasteiger partial charge in [-0.05, 0) is 43.7 Å². The molecule has 1 N–H and O–H groups in total. The fourth-order valence-electron chi connectivity index (χ4n) is 3.97. The van der Waals surface area contributed by atoms with E-state index >= 15 is 0 Å². The maximum atomic E-state index is 12.8. The highest BCUT2D eigenvalue weighted by Gasteiger charge is 2.48. The second kappa shape index (κ2) is 7.74. The Labute approximate surface area is 155 Å². The number of aryl methyl sites for hydroxylation is 1. The van der Waals surface area contributed by atoms with Crippen molar-refractivity contribution in [2.75, 3.05) is 26.8 Å². The van der Waals surface area contributed by atoms with Crippen LogP contribution in [-0.2, 0) is 9.53 Å². The zero-order valence-corrected chi connectivity index (χ0v) is 16.0. The Morgan fingerprint density at radius 1 is 1.46 bits per heavy atom. The molecule has 2 heterocycles. The molecule has 6 heteroatoms. The van der Waals surface area contributed by atoms with Gasteiger partial charge in [-0.1, -0.05) is 13.3 Å². The fraction of sp³-hybridized carbons (Fsp3) is 0.650. The second-order valence-electron chi connectivity index (χ2n) is 7.69. The molecule has 0 radical (unpaired) electrons. The molecule has 142 valence electrons. The Balaban J connectivity index is 1.70. The van der Waals surface area contributed by atoms with Crippen LogP contribution in [-0.4, -0.2) is 54.0 Å². The predicted molar refractivity (Wildman–Crippen MR) is 98.7 cm³/mol. The zero-order chi connectivity index (χ0) is 18.7. The molecule has 3 atom stereocenters. The van der Waals surface area contributed by atoms with E-state index in [1.54, 1.807) is 19.5 Å². The van der Waals surface area contributed by atoms with Gasteiger partial charge in [0.1, 0.15) is 0 Å². The normalized spacial score (nSPS) is 27.4. The molecule has 1 aromatic heterocycles. The van der Waals surface area contributed by atoms with Crippen LogP contribution in [0.5, 0.6) is 0 Å². The van der Waals surface area contributed by atoms with Crippen molar-refractivity contribution in [1.29, 1.82) is 0 Å². The monoisotopic (exact) mass is 359 g/mol. The summed E-state index contributed by atoms with van der Waals surface area (Å²) in [6, 6.07) is 1.83. The Morgan fingerprint density at radius 2 is 2.27 bits per heavy atom. The van der Waals surface area contributed by atoms with Crippen LogP contribution in [0, 0.1) is 18.8 Å². The topological polar surface area (TPSA) is 71.5 Å². The molecule has 1 aliphatic heterocycles. The van der Waals surface area contributed by atoms with Crippen molar-refractivity contribution in [2.24, 2.45) is 11.8 Å². The van der Waals surface area contributed by atoms with Gasteiger partial charge >= 0.3 is 0 Å². The van der Waals surface area contributed by atoms with Crippen molar-refractivity contribution in [3.05, 3.63) is 29.6 Å². The molecule has 2 fully saturated rings. The van der Waals surface area contributed by atoms with Gasteiger partial charge in [-0.3, -0.25) is 14.6 Å². The van der Waals surface area contributed by atoms with Gasteiger partial charge in [0.2, 0.25) is 5.91 Å². The maximum absolute atomic E-state index is 12.8. The largest absolute Gasteiger partial charge is 0.385 e. The molecule has 1 saturated heterocycles. The van der Waals surface area contributed by atoms with E-state index in [4.69, 9.17) is 4.74 Å². The van der Waals surface area contributed by atoms with Gasteiger partial charge in [-0.2, -0.15) is 0 Å². The van der Waals surface area contributed by atoms with E-state index in [-0.39, 0.29) is 17.7 Å². The molecule has 2 amide bonds. The molecule has 6 nitrogen and oxygen atoms in total. The molecule has 1 aromatic rings. The first-order valence-electron chi connectivity index (χ1n) is 9.50. The van der Waals surface area contributed by atoms with Crippen LogP contribution < -0.4 is 5.32 Å². The van der Waals surface area contributed by atoms with E-state index in [0.717, 1.165) is 24.8 Å². The summed E-state index contributed by atoms with van der Waals surface area (Å²) >= 11 is 0. The van der Waals surface area contributed by atoms with E-state index in [1.165, 1.54) is 0 Å². The standard InChI is InChI=1S/C20H29N3O3/c1-4-15-11-16(15)19(25)23-9-6-20(13-23,7-10-26-3)22-18(24)17-12-21-8-5-14(17)2/h5,8,12,15-16H,4,6-7,9-11,13H2,1-3H3,(H,22,24)/t15-,16-,20?/m1/s1. The molecule has 26 heavy (non-hydrogen) atoms. The number of hydrogen-bond acceptors (Lipinski definition) is 4. The summed E-state index contributed by atoms with van der Waals surface area (Å²) in [5.74, 6) is 0.861. The van der Waals surface area contributed by atoms with Gasteiger partial charge in [0.25, 0.3) is 5.91 Å². The number of amides is 2. The van der Waals surface area contributed by atoms with E-state index in [0.29, 0.717) is 37.6 Å². The highest BCUT2D eigenvalue weighted by molar-refractivity contribution is 5.96. The first-order chi connectivity index (χ1) is 12.5. The van der Waals surface area contributed by atoms with Crippen LogP contribution in [0.15, 0.2) is 18.5 Å². The smallest absolute Gasteiger partial charge is 0.253 e. The Hall–Kier alpha value is -1.95. The summed E-state index contributed by atoms with van der Waals surface area (Å²) in [6.07, 6.45) is 6.82. The number of ether oxygens (including phenoxy) is 1. The lowest BCUT2D eigenvalue weighted by atomic mass is 9.93. The number of nitrogens with one attached hydrogen (secondary N) is 1. The highest BCUT2D eigenvalue weighted by Crippen LogP contribution is 2.43. The van der Waals surface area contributed by atoms with Crippen LogP contribution >= 0.6 is 0 Å². The molecule has 3 rings (SSSR count). The van der Waals surface area contributed by atoms with Gasteiger partial charge in [0.15, 0.2) is 0 Å². The number of methoxy groups -OCH3 is 1. The maximum Gasteiger partial charge on any atom is 0.253 e. The molecule has 1 aliphatic carbocycles. The SMILES string of the molecule is CC[C@@H]1C[C@H]1C(=O)N1CCC(CCOC)(NC(=O)c2cnccc2C)C1. The van der Waals surface area contributed by atoms with Crippen LogP contribution in [0.1, 0.15) is 48.5 Å². The molecule has 0 aromatic carbocycles. The van der Waals surface area contributed by atoms with Gasteiger partial charge in [-0.15, -0.1) is 0 Å². The molecule has 2 aliphatic rings. The van der Waals surface area contributed by atoms with E-state index < -0.39 is 5.54 Å². The quantitative estimate of drug-likeness (QED) is 0.810. The number of hydrogen-bond donors (Lipinski definition) is 1. The Kier molecular flexibility index (Phi) is 5.61. The fourth-order valence-corrected chi connectivity index (χ4v) is 3.97. The second-order valence-corrected chi connectivity index (χ2v) is 7.69.